The largest absolute Gasteiger partial charge is 0.502 e. The summed E-state index contributed by atoms with van der Waals surface area (Å²) in [5, 5.41) is 12.1. The second kappa shape index (κ2) is 8.15. The van der Waals surface area contributed by atoms with E-state index in [1.54, 1.807) is 12.1 Å². The molecule has 9 heteroatoms. The van der Waals surface area contributed by atoms with Gasteiger partial charge in [-0.05, 0) is 31.5 Å². The molecule has 0 aliphatic rings. The molecule has 2 rings (SSSR count). The Morgan fingerprint density at radius 1 is 1.26 bits per heavy atom. The van der Waals surface area contributed by atoms with Gasteiger partial charge in [0, 0.05) is 13.6 Å². The third kappa shape index (κ3) is 5.02. The van der Waals surface area contributed by atoms with Crippen LogP contribution < -0.4 is 15.6 Å². The number of aryl methyl sites for hydroxylation is 1. The van der Waals surface area contributed by atoms with Crippen molar-refractivity contribution in [2.24, 2.45) is 7.05 Å². The quantitative estimate of drug-likeness (QED) is 0.751. The molecule has 1 heterocycles. The highest BCUT2D eigenvalue weighted by atomic mass is 19.4. The van der Waals surface area contributed by atoms with Gasteiger partial charge in [0.15, 0.2) is 5.75 Å². The molecular formula is C18H19F3N2O4. The molecule has 0 fully saturated rings. The van der Waals surface area contributed by atoms with Gasteiger partial charge in [-0.3, -0.25) is 9.59 Å². The van der Waals surface area contributed by atoms with Crippen molar-refractivity contribution in [3.8, 4) is 11.5 Å². The standard InChI is InChI=1S/C18H19F3N2O4/c1-11-4-6-12(7-5-11)27-9-3-8-22-16(25)13-10-14(18(19,20)21)23(2)17(26)15(13)24/h4-7,10,24H,3,8-9H2,1-2H3,(H,22,25). The molecule has 0 saturated carbocycles. The van der Waals surface area contributed by atoms with Gasteiger partial charge in [0.2, 0.25) is 0 Å². The number of aromatic hydroxyl groups is 1. The van der Waals surface area contributed by atoms with E-state index < -0.39 is 34.6 Å². The summed E-state index contributed by atoms with van der Waals surface area (Å²) in [6, 6.07) is 7.81. The first-order valence-corrected chi connectivity index (χ1v) is 8.09. The fourth-order valence-corrected chi connectivity index (χ4v) is 2.32. The summed E-state index contributed by atoms with van der Waals surface area (Å²) in [6.45, 7) is 2.32. The van der Waals surface area contributed by atoms with Gasteiger partial charge >= 0.3 is 6.18 Å². The maximum absolute atomic E-state index is 13.0. The lowest BCUT2D eigenvalue weighted by Gasteiger charge is -2.14. The molecule has 0 aliphatic carbocycles. The molecule has 2 N–H and O–H groups in total. The molecule has 0 aliphatic heterocycles. The molecule has 1 amide bonds. The van der Waals surface area contributed by atoms with Crippen LogP contribution in [0.15, 0.2) is 35.1 Å². The summed E-state index contributed by atoms with van der Waals surface area (Å²) in [4.78, 5) is 23.8. The first kappa shape index (κ1) is 20.3. The Morgan fingerprint density at radius 3 is 2.48 bits per heavy atom. The number of hydrogen-bond acceptors (Lipinski definition) is 4. The lowest BCUT2D eigenvalue weighted by atomic mass is 10.1. The smallest absolute Gasteiger partial charge is 0.431 e. The summed E-state index contributed by atoms with van der Waals surface area (Å²) in [5.74, 6) is -1.34. The average Bonchev–Trinajstić information content (AvgIpc) is 2.60. The van der Waals surface area contributed by atoms with Crippen molar-refractivity contribution in [3.63, 3.8) is 0 Å². The zero-order valence-corrected chi connectivity index (χ0v) is 14.8. The second-order valence-electron chi connectivity index (χ2n) is 5.92. The van der Waals surface area contributed by atoms with E-state index in [1.807, 2.05) is 19.1 Å². The Balaban J connectivity index is 1.96. The predicted molar refractivity (Wildman–Crippen MR) is 92.0 cm³/mol. The molecule has 0 spiro atoms. The van der Waals surface area contributed by atoms with E-state index in [0.29, 0.717) is 18.2 Å². The van der Waals surface area contributed by atoms with Crippen molar-refractivity contribution in [2.75, 3.05) is 13.2 Å². The van der Waals surface area contributed by atoms with E-state index >= 15 is 0 Å². The highest BCUT2D eigenvalue weighted by Gasteiger charge is 2.36. The number of carbonyl (C=O) groups excluding carboxylic acids is 1. The van der Waals surface area contributed by atoms with Gasteiger partial charge in [0.25, 0.3) is 11.5 Å². The first-order chi connectivity index (χ1) is 12.6. The monoisotopic (exact) mass is 384 g/mol. The number of benzene rings is 1. The highest BCUT2D eigenvalue weighted by molar-refractivity contribution is 5.96. The van der Waals surface area contributed by atoms with E-state index in [-0.39, 0.29) is 17.7 Å². The number of pyridine rings is 1. The Kier molecular flexibility index (Phi) is 6.14. The van der Waals surface area contributed by atoms with Crippen molar-refractivity contribution in [3.05, 3.63) is 57.5 Å². The van der Waals surface area contributed by atoms with Gasteiger partial charge in [-0.25, -0.2) is 0 Å². The average molecular weight is 384 g/mol. The Hall–Kier alpha value is -2.97. The number of ether oxygens (including phenoxy) is 1. The van der Waals surface area contributed by atoms with Gasteiger partial charge in [0.1, 0.15) is 11.4 Å². The molecule has 27 heavy (non-hydrogen) atoms. The predicted octanol–water partition coefficient (Wildman–Crippen LogP) is 2.62. The van der Waals surface area contributed by atoms with Crippen LogP contribution in [-0.2, 0) is 13.2 Å². The van der Waals surface area contributed by atoms with Crippen LogP contribution >= 0.6 is 0 Å². The number of rotatable bonds is 6. The highest BCUT2D eigenvalue weighted by Crippen LogP contribution is 2.30. The molecule has 0 atom stereocenters. The fourth-order valence-electron chi connectivity index (χ4n) is 2.32. The molecule has 0 radical (unpaired) electrons. The van der Waals surface area contributed by atoms with Gasteiger partial charge in [-0.15, -0.1) is 0 Å². The Bertz CT molecular complexity index is 874. The summed E-state index contributed by atoms with van der Waals surface area (Å²) in [5.41, 5.74) is -2.25. The number of hydrogen-bond donors (Lipinski definition) is 2. The van der Waals surface area contributed by atoms with Gasteiger partial charge in [-0.1, -0.05) is 17.7 Å². The van der Waals surface area contributed by atoms with Gasteiger partial charge in [-0.2, -0.15) is 13.2 Å². The number of nitrogens with one attached hydrogen (secondary N) is 1. The Labute approximate surface area is 153 Å². The molecule has 0 unspecified atom stereocenters. The van der Waals surface area contributed by atoms with Crippen molar-refractivity contribution >= 4 is 5.91 Å². The molecular weight excluding hydrogens is 365 g/mol. The van der Waals surface area contributed by atoms with E-state index in [2.05, 4.69) is 5.32 Å². The number of alkyl halides is 3. The first-order valence-electron chi connectivity index (χ1n) is 8.09. The lowest BCUT2D eigenvalue weighted by Crippen LogP contribution is -2.31. The molecule has 0 saturated heterocycles. The van der Waals surface area contributed by atoms with Crippen LogP contribution in [0.3, 0.4) is 0 Å². The lowest BCUT2D eigenvalue weighted by molar-refractivity contribution is -0.143. The van der Waals surface area contributed by atoms with Crippen LogP contribution in [0, 0.1) is 6.92 Å². The minimum atomic E-state index is -4.83. The molecule has 2 aromatic rings. The third-order valence-corrected chi connectivity index (χ3v) is 3.84. The van der Waals surface area contributed by atoms with Crippen LogP contribution in [0.1, 0.15) is 28.0 Å². The number of nitrogens with zero attached hydrogens (tertiary/aromatic N) is 1. The minimum absolute atomic E-state index is 0.0979. The summed E-state index contributed by atoms with van der Waals surface area (Å²) < 4.78 is 44.6. The van der Waals surface area contributed by atoms with Gasteiger partial charge < -0.3 is 19.7 Å². The third-order valence-electron chi connectivity index (χ3n) is 3.84. The number of aromatic nitrogens is 1. The van der Waals surface area contributed by atoms with Gasteiger partial charge in [0.05, 0.1) is 12.2 Å². The zero-order valence-electron chi connectivity index (χ0n) is 14.8. The molecule has 1 aromatic heterocycles. The number of amides is 1. The van der Waals surface area contributed by atoms with Crippen LogP contribution in [0.25, 0.3) is 0 Å². The van der Waals surface area contributed by atoms with Crippen molar-refractivity contribution < 1.29 is 27.8 Å². The Morgan fingerprint density at radius 2 is 1.89 bits per heavy atom. The van der Waals surface area contributed by atoms with Crippen molar-refractivity contribution in [1.82, 2.24) is 9.88 Å². The van der Waals surface area contributed by atoms with E-state index in [0.717, 1.165) is 12.6 Å². The van der Waals surface area contributed by atoms with E-state index in [1.165, 1.54) is 0 Å². The topological polar surface area (TPSA) is 80.6 Å². The SMILES string of the molecule is Cc1ccc(OCCCNC(=O)c2cc(C(F)(F)F)n(C)c(=O)c2O)cc1. The maximum atomic E-state index is 13.0. The van der Waals surface area contributed by atoms with E-state index in [9.17, 15) is 27.9 Å². The number of carbonyl (C=O) groups is 1. The van der Waals surface area contributed by atoms with Crippen LogP contribution in [0.4, 0.5) is 13.2 Å². The summed E-state index contributed by atoms with van der Waals surface area (Å²) in [7, 11) is 0.870. The van der Waals surface area contributed by atoms with Crippen LogP contribution in [0.2, 0.25) is 0 Å². The zero-order chi connectivity index (χ0) is 20.2. The molecule has 146 valence electrons. The summed E-state index contributed by atoms with van der Waals surface area (Å²) in [6.07, 6.45) is -4.45. The second-order valence-corrected chi connectivity index (χ2v) is 5.92. The number of halogens is 3. The maximum Gasteiger partial charge on any atom is 0.431 e. The molecule has 1 aromatic carbocycles. The normalized spacial score (nSPS) is 11.3. The van der Waals surface area contributed by atoms with Crippen LogP contribution in [-0.4, -0.2) is 28.7 Å². The van der Waals surface area contributed by atoms with Crippen LogP contribution in [0.5, 0.6) is 11.5 Å². The fraction of sp³-hybridized carbons (Fsp3) is 0.333. The molecule has 0 bridgehead atoms. The minimum Gasteiger partial charge on any atom is -0.502 e. The summed E-state index contributed by atoms with van der Waals surface area (Å²) >= 11 is 0. The van der Waals surface area contributed by atoms with Crippen molar-refractivity contribution in [1.29, 1.82) is 0 Å². The van der Waals surface area contributed by atoms with E-state index in [4.69, 9.17) is 4.74 Å². The molecule has 6 nitrogen and oxygen atoms in total. The van der Waals surface area contributed by atoms with Crippen molar-refractivity contribution in [2.45, 2.75) is 19.5 Å².